The zero-order chi connectivity index (χ0) is 59.3. The summed E-state index contributed by atoms with van der Waals surface area (Å²) in [6, 6.07) is 3.44. The molecule has 28 heteroatoms. The molecular formula is C51H72N8O16S4. The minimum absolute atomic E-state index is 0.0230. The Hall–Kier alpha value is -6.00. The van der Waals surface area contributed by atoms with Crippen LogP contribution in [0.2, 0.25) is 0 Å². The number of rotatable bonds is 36. The number of nitro groups is 2. The summed E-state index contributed by atoms with van der Waals surface area (Å²) in [5.41, 5.74) is -2.12. The number of unbranched alkanes of at least 4 members (excludes halogenated alkanes) is 4. The van der Waals surface area contributed by atoms with Crippen molar-refractivity contribution in [2.75, 3.05) is 11.5 Å². The van der Waals surface area contributed by atoms with Gasteiger partial charge in [-0.15, -0.1) is 0 Å². The van der Waals surface area contributed by atoms with Gasteiger partial charge in [-0.25, -0.2) is 19.6 Å². The molecule has 2 heterocycles. The van der Waals surface area contributed by atoms with Crippen LogP contribution < -0.4 is 21.3 Å². The Balaban J connectivity index is 1.95. The summed E-state index contributed by atoms with van der Waals surface area (Å²) in [4.78, 5) is 158. The second-order valence-corrected chi connectivity index (χ2v) is 24.9. The minimum Gasteiger partial charge on any atom is -0.444 e. The zero-order valence-corrected chi connectivity index (χ0v) is 49.0. The highest BCUT2D eigenvalue weighted by atomic mass is 33.1. The first-order chi connectivity index (χ1) is 37.0. The number of carbonyl (C=O) groups excluding carboxylic acids is 10. The van der Waals surface area contributed by atoms with Gasteiger partial charge in [-0.1, -0.05) is 47.3 Å². The van der Waals surface area contributed by atoms with Gasteiger partial charge in [0.05, 0.1) is 9.85 Å². The molecule has 0 spiro atoms. The summed E-state index contributed by atoms with van der Waals surface area (Å²) in [6.45, 7) is 12.3. The second kappa shape index (κ2) is 35.6. The number of amides is 6. The minimum atomic E-state index is -1.01. The van der Waals surface area contributed by atoms with Crippen LogP contribution in [0, 0.1) is 32.1 Å². The average molecular weight is 1180 g/mol. The normalized spacial score (nSPS) is 12.9. The van der Waals surface area contributed by atoms with Crippen LogP contribution in [0.4, 0.5) is 21.0 Å². The lowest BCUT2D eigenvalue weighted by Gasteiger charge is -2.23. The lowest BCUT2D eigenvalue weighted by Crippen LogP contribution is -2.44. The molecular weight excluding hydrogens is 1110 g/mol. The van der Waals surface area contributed by atoms with Crippen LogP contribution in [0.25, 0.3) is 0 Å². The fourth-order valence-corrected chi connectivity index (χ4v) is 11.8. The van der Waals surface area contributed by atoms with E-state index in [4.69, 9.17) is 9.47 Å². The number of ether oxygens (including phenoxy) is 2. The largest absolute Gasteiger partial charge is 0.444 e. The van der Waals surface area contributed by atoms with Crippen molar-refractivity contribution in [3.05, 3.63) is 56.9 Å². The summed E-state index contributed by atoms with van der Waals surface area (Å²) in [5.74, 6) is -5.58. The third-order valence-electron chi connectivity index (χ3n) is 11.0. The number of nitrogens with one attached hydrogen (secondary N) is 4. The number of pyridine rings is 2. The lowest BCUT2D eigenvalue weighted by molar-refractivity contribution is -0.388. The van der Waals surface area contributed by atoms with Crippen LogP contribution in [0.15, 0.2) is 46.7 Å². The molecule has 4 N–H and O–H groups in total. The van der Waals surface area contributed by atoms with Crippen molar-refractivity contribution in [1.29, 1.82) is 0 Å². The number of Topliss-reactive ketones (excluding diaryl/α,β-unsaturated/α-hetero) is 4. The molecule has 24 nitrogen and oxygen atoms in total. The van der Waals surface area contributed by atoms with Gasteiger partial charge in [-0.2, -0.15) is 0 Å². The van der Waals surface area contributed by atoms with Gasteiger partial charge < -0.3 is 20.1 Å². The third-order valence-corrected chi connectivity index (χ3v) is 15.5. The van der Waals surface area contributed by atoms with E-state index in [9.17, 15) is 68.2 Å². The standard InChI is InChI=1S/C51H72N8O16S4/c1-32(60)54-44(66)34(18-11-9-13-24-42(64)38(56-48(68)74-50(3,4)5)30-76-78-46-40(58(70)71)22-16-26-52-46)28-36(62)20-15-21-37(63)29-35(45(67)55-33(2)61)19-12-10-14-25-43(65)39(57-49(69)75-51(6,7)8)31-77-79-47-41(59(72)73)23-17-27-53-47/h16-17,22-23,26-27,34-35,38-39H,9-15,18-21,24-25,28-31H2,1-8H3,(H,56,68)(H,57,69)(H,54,60,66)(H,55,61,67). The monoisotopic (exact) mass is 1180 g/mol. The molecule has 2 aromatic heterocycles. The van der Waals surface area contributed by atoms with Gasteiger partial charge >= 0.3 is 23.6 Å². The average Bonchev–Trinajstić information content (AvgIpc) is 3.33. The summed E-state index contributed by atoms with van der Waals surface area (Å²) in [7, 11) is 4.16. The topological polar surface area (TPSA) is 349 Å². The van der Waals surface area contributed by atoms with Crippen molar-refractivity contribution in [2.45, 2.75) is 185 Å². The maximum Gasteiger partial charge on any atom is 0.408 e. The maximum atomic E-state index is 13.4. The fourth-order valence-electron chi connectivity index (χ4n) is 7.34. The first-order valence-corrected chi connectivity index (χ1v) is 30.2. The Bertz CT molecular complexity index is 2310. The smallest absolute Gasteiger partial charge is 0.408 e. The number of ketones is 4. The van der Waals surface area contributed by atoms with Gasteiger partial charge in [-0.05, 0) is 107 Å². The van der Waals surface area contributed by atoms with E-state index in [1.54, 1.807) is 41.5 Å². The summed E-state index contributed by atoms with van der Waals surface area (Å²) in [6.07, 6.45) is 3.42. The van der Waals surface area contributed by atoms with Gasteiger partial charge in [0.15, 0.2) is 21.6 Å². The quantitative estimate of drug-likeness (QED) is 0.0214. The Kier molecular flexibility index (Phi) is 31.1. The highest BCUT2D eigenvalue weighted by molar-refractivity contribution is 8.77. The maximum absolute atomic E-state index is 13.4. The Morgan fingerprint density at radius 1 is 0.557 bits per heavy atom. The molecule has 436 valence electrons. The highest BCUT2D eigenvalue weighted by Gasteiger charge is 2.29. The SMILES string of the molecule is CC(=O)NC(=O)C(CCCCCC(=O)C(CSSc1ncccc1[N+](=O)[O-])NC(=O)OC(C)(C)C)CC(=O)CCCC(=O)CC(CCCCCC(=O)C(CSSc1ncccc1[N+](=O)[O-])NC(=O)OC(C)(C)C)C(=O)NC(C)=O. The van der Waals surface area contributed by atoms with Gasteiger partial charge in [-0.3, -0.25) is 69.2 Å². The molecule has 4 atom stereocenters. The van der Waals surface area contributed by atoms with E-state index in [1.165, 1.54) is 36.7 Å². The molecule has 0 aliphatic rings. The first-order valence-electron chi connectivity index (χ1n) is 25.5. The molecule has 2 rings (SSSR count). The number of alkyl carbamates (subject to hydrolysis) is 2. The molecule has 79 heavy (non-hydrogen) atoms. The van der Waals surface area contributed by atoms with E-state index in [0.29, 0.717) is 38.5 Å². The van der Waals surface area contributed by atoms with Crippen LogP contribution in [-0.2, 0) is 47.8 Å². The van der Waals surface area contributed by atoms with E-state index >= 15 is 0 Å². The number of carbonyl (C=O) groups is 10. The molecule has 4 unspecified atom stereocenters. The van der Waals surface area contributed by atoms with Gasteiger partial charge in [0, 0.05) is 100 Å². The molecule has 2 aromatic rings. The summed E-state index contributed by atoms with van der Waals surface area (Å²) in [5, 5.41) is 32.8. The van der Waals surface area contributed by atoms with Crippen LogP contribution in [0.1, 0.15) is 152 Å². The van der Waals surface area contributed by atoms with E-state index in [-0.39, 0.29) is 114 Å². The predicted octanol–water partition coefficient (Wildman–Crippen LogP) is 8.95. The van der Waals surface area contributed by atoms with Gasteiger partial charge in [0.2, 0.25) is 23.6 Å². The van der Waals surface area contributed by atoms with Gasteiger partial charge in [0.25, 0.3) is 0 Å². The van der Waals surface area contributed by atoms with Crippen molar-refractivity contribution < 1.29 is 67.3 Å². The summed E-state index contributed by atoms with van der Waals surface area (Å²) < 4.78 is 10.7. The van der Waals surface area contributed by atoms with E-state index < -0.39 is 80.8 Å². The fraction of sp³-hybridized carbons (Fsp3) is 0.608. The molecule has 0 saturated heterocycles. The molecule has 6 amide bonds. The number of hydrogen-bond acceptors (Lipinski definition) is 22. The predicted molar refractivity (Wildman–Crippen MR) is 299 cm³/mol. The van der Waals surface area contributed by atoms with Crippen molar-refractivity contribution in [1.82, 2.24) is 31.2 Å². The van der Waals surface area contributed by atoms with Crippen molar-refractivity contribution >= 4 is 113 Å². The Morgan fingerprint density at radius 2 is 0.924 bits per heavy atom. The van der Waals surface area contributed by atoms with E-state index in [2.05, 4.69) is 31.2 Å². The van der Waals surface area contributed by atoms with Gasteiger partial charge in [0.1, 0.15) is 34.9 Å². The van der Waals surface area contributed by atoms with E-state index in [1.807, 2.05) is 0 Å². The summed E-state index contributed by atoms with van der Waals surface area (Å²) >= 11 is 0. The number of nitrogens with zero attached hydrogens (tertiary/aromatic N) is 4. The molecule has 0 saturated carbocycles. The molecule has 0 fully saturated rings. The first kappa shape index (κ1) is 69.1. The number of hydrogen-bond donors (Lipinski definition) is 4. The van der Waals surface area contributed by atoms with Crippen LogP contribution >= 0.6 is 43.2 Å². The highest BCUT2D eigenvalue weighted by Crippen LogP contribution is 2.37. The molecule has 0 aliphatic heterocycles. The van der Waals surface area contributed by atoms with Crippen molar-refractivity contribution in [3.63, 3.8) is 0 Å². The second-order valence-electron chi connectivity index (χ2n) is 20.3. The van der Waals surface area contributed by atoms with Crippen molar-refractivity contribution in [2.24, 2.45) is 11.8 Å². The number of imide groups is 2. The Labute approximate surface area is 475 Å². The Morgan fingerprint density at radius 3 is 1.25 bits per heavy atom. The van der Waals surface area contributed by atoms with Crippen LogP contribution in [-0.4, -0.2) is 114 Å². The third kappa shape index (κ3) is 30.2. The number of aromatic nitrogens is 2. The lowest BCUT2D eigenvalue weighted by atomic mass is 9.91. The van der Waals surface area contributed by atoms with Crippen LogP contribution in [0.5, 0.6) is 0 Å². The molecule has 0 aliphatic carbocycles. The van der Waals surface area contributed by atoms with Crippen LogP contribution in [0.3, 0.4) is 0 Å². The molecule has 0 radical (unpaired) electrons. The van der Waals surface area contributed by atoms with E-state index in [0.717, 1.165) is 57.0 Å². The molecule has 0 bridgehead atoms. The molecule has 0 aromatic carbocycles. The zero-order valence-electron chi connectivity index (χ0n) is 45.7. The van der Waals surface area contributed by atoms with Crippen molar-refractivity contribution in [3.8, 4) is 0 Å².